The molecule has 5 unspecified atom stereocenters. The van der Waals surface area contributed by atoms with Gasteiger partial charge < -0.3 is 50.8 Å². The van der Waals surface area contributed by atoms with Gasteiger partial charge in [0.1, 0.15) is 6.10 Å². The first-order valence-corrected chi connectivity index (χ1v) is 14.9. The van der Waals surface area contributed by atoms with E-state index in [1.165, 1.54) is 0 Å². The van der Waals surface area contributed by atoms with Gasteiger partial charge in [0, 0.05) is 25.3 Å². The zero-order valence-electron chi connectivity index (χ0n) is 24.6. The smallest absolute Gasteiger partial charge is 0.228 e. The van der Waals surface area contributed by atoms with Crippen LogP contribution in [0.15, 0.2) is 12.2 Å². The Morgan fingerprint density at radius 2 is 1.77 bits per heavy atom. The first kappa shape index (κ1) is 33.4. The molecule has 0 aromatic rings. The van der Waals surface area contributed by atoms with Crippen LogP contribution in [0.4, 0.5) is 0 Å². The molecular weight excluding hydrogens is 520 g/mol. The zero-order chi connectivity index (χ0) is 29.8. The van der Waals surface area contributed by atoms with E-state index in [0.29, 0.717) is 0 Å². The average Bonchev–Trinajstić information content (AvgIpc) is 3.36. The highest BCUT2D eigenvalue weighted by Crippen LogP contribution is 2.38. The van der Waals surface area contributed by atoms with Gasteiger partial charge in [0.25, 0.3) is 0 Å². The molecule has 0 bridgehead atoms. The van der Waals surface area contributed by atoms with Crippen molar-refractivity contribution in [2.45, 2.75) is 146 Å². The molecule has 0 radical (unpaired) electrons. The second kappa shape index (κ2) is 14.3. The number of nitrogens with one attached hydrogen (secondary N) is 1. The molecular formula is C29H52N2O9. The monoisotopic (exact) mass is 572 g/mol. The predicted octanol–water partition coefficient (Wildman–Crippen LogP) is 0.688. The first-order chi connectivity index (χ1) is 18.7. The summed E-state index contributed by atoms with van der Waals surface area (Å²) in [5.41, 5.74) is 6.00. The van der Waals surface area contributed by atoms with Gasteiger partial charge in [-0.25, -0.2) is 0 Å². The van der Waals surface area contributed by atoms with Crippen molar-refractivity contribution in [1.82, 2.24) is 5.32 Å². The molecule has 11 nitrogen and oxygen atoms in total. The summed E-state index contributed by atoms with van der Waals surface area (Å²) in [7, 11) is 0. The van der Waals surface area contributed by atoms with Crippen LogP contribution in [0.1, 0.15) is 79.6 Å². The van der Waals surface area contributed by atoms with Crippen molar-refractivity contribution >= 4 is 5.91 Å². The van der Waals surface area contributed by atoms with Gasteiger partial charge in [-0.1, -0.05) is 52.7 Å². The van der Waals surface area contributed by atoms with E-state index in [0.717, 1.165) is 25.7 Å². The number of ether oxygens (including phenoxy) is 3. The lowest BCUT2D eigenvalue weighted by Crippen LogP contribution is -2.62. The summed E-state index contributed by atoms with van der Waals surface area (Å²) in [6.07, 6.45) is -0.883. The van der Waals surface area contributed by atoms with E-state index >= 15 is 0 Å². The van der Waals surface area contributed by atoms with Crippen molar-refractivity contribution in [1.29, 1.82) is 0 Å². The molecule has 11 atom stereocenters. The SMILES string of the molecule is CC(C)/C=C/[C@@H](C[C@@H]1O[C@](O)(C[C@@H](O)C(C)C)C[C@H](O)[C@H]1C(=O)NC1CCCC1)OC1OC(C)C(O)C(N)C1O. The van der Waals surface area contributed by atoms with Crippen molar-refractivity contribution in [3.05, 3.63) is 12.2 Å². The molecule has 0 aromatic carbocycles. The molecule has 8 N–H and O–H groups in total. The van der Waals surface area contributed by atoms with Gasteiger partial charge in [-0.3, -0.25) is 4.79 Å². The van der Waals surface area contributed by atoms with Gasteiger partial charge >= 0.3 is 0 Å². The molecule has 2 saturated heterocycles. The second-order valence-corrected chi connectivity index (χ2v) is 12.7. The largest absolute Gasteiger partial charge is 0.393 e. The van der Waals surface area contributed by atoms with Crippen LogP contribution in [-0.2, 0) is 19.0 Å². The Hall–Kier alpha value is -1.15. The normalized spacial score (nSPS) is 39.2. The molecule has 40 heavy (non-hydrogen) atoms. The highest BCUT2D eigenvalue weighted by Gasteiger charge is 2.51. The van der Waals surface area contributed by atoms with Crippen LogP contribution in [0.5, 0.6) is 0 Å². The van der Waals surface area contributed by atoms with Crippen LogP contribution >= 0.6 is 0 Å². The molecule has 1 saturated carbocycles. The minimum Gasteiger partial charge on any atom is -0.393 e. The number of rotatable bonds is 11. The third-order valence-electron chi connectivity index (χ3n) is 8.40. The molecule has 232 valence electrons. The van der Waals surface area contributed by atoms with Crippen LogP contribution < -0.4 is 11.1 Å². The predicted molar refractivity (Wildman–Crippen MR) is 148 cm³/mol. The van der Waals surface area contributed by atoms with Crippen molar-refractivity contribution in [3.8, 4) is 0 Å². The van der Waals surface area contributed by atoms with Crippen molar-refractivity contribution in [2.24, 2.45) is 23.5 Å². The van der Waals surface area contributed by atoms with Gasteiger partial charge in [-0.05, 0) is 31.6 Å². The lowest BCUT2D eigenvalue weighted by atomic mass is 9.81. The van der Waals surface area contributed by atoms with E-state index in [1.807, 2.05) is 33.8 Å². The fourth-order valence-corrected chi connectivity index (χ4v) is 5.81. The summed E-state index contributed by atoms with van der Waals surface area (Å²) in [6, 6.07) is -0.958. The van der Waals surface area contributed by atoms with E-state index in [9.17, 15) is 30.3 Å². The quantitative estimate of drug-likeness (QED) is 0.174. The number of allylic oxidation sites excluding steroid dienone is 1. The summed E-state index contributed by atoms with van der Waals surface area (Å²) in [5, 5.41) is 57.0. The number of aliphatic hydroxyl groups excluding tert-OH is 4. The van der Waals surface area contributed by atoms with E-state index in [4.69, 9.17) is 19.9 Å². The van der Waals surface area contributed by atoms with Gasteiger partial charge in [0.15, 0.2) is 12.1 Å². The Kier molecular flexibility index (Phi) is 12.0. The van der Waals surface area contributed by atoms with Gasteiger partial charge in [0.05, 0.1) is 48.6 Å². The second-order valence-electron chi connectivity index (χ2n) is 12.7. The molecule has 0 spiro atoms. The van der Waals surface area contributed by atoms with Crippen molar-refractivity contribution < 1.29 is 44.5 Å². The van der Waals surface area contributed by atoms with E-state index < -0.39 is 66.8 Å². The minimum absolute atomic E-state index is 0.0250. The lowest BCUT2D eigenvalue weighted by Gasteiger charge is -2.46. The molecule has 3 fully saturated rings. The number of carbonyl (C=O) groups is 1. The summed E-state index contributed by atoms with van der Waals surface area (Å²) in [4.78, 5) is 13.5. The van der Waals surface area contributed by atoms with Crippen molar-refractivity contribution in [3.63, 3.8) is 0 Å². The van der Waals surface area contributed by atoms with Crippen LogP contribution in [0.3, 0.4) is 0 Å². The fourth-order valence-electron chi connectivity index (χ4n) is 5.81. The summed E-state index contributed by atoms with van der Waals surface area (Å²) < 4.78 is 18.0. The van der Waals surface area contributed by atoms with Crippen molar-refractivity contribution in [2.75, 3.05) is 0 Å². The highest BCUT2D eigenvalue weighted by atomic mass is 16.7. The number of aliphatic hydroxyl groups is 5. The Balaban J connectivity index is 1.87. The molecule has 1 aliphatic carbocycles. The lowest BCUT2D eigenvalue weighted by molar-refractivity contribution is -0.307. The molecule has 0 aromatic heterocycles. The van der Waals surface area contributed by atoms with Crippen LogP contribution in [0.2, 0.25) is 0 Å². The standard InChI is InChI=1S/C29H52N2O9/c1-15(2)10-11-19(39-28-26(35)24(30)25(34)17(5)38-28)12-22-23(27(36)31-18-8-6-7-9-18)21(33)14-29(37,40-22)13-20(32)16(3)4/h10-11,15-26,28,32-35,37H,6-9,12-14,30H2,1-5H3,(H,31,36)/b11-10+/t17?,19-,20+,21-,22-,23+,24?,25?,26?,28?,29+/m0/s1. The van der Waals surface area contributed by atoms with E-state index in [2.05, 4.69) is 5.32 Å². The van der Waals surface area contributed by atoms with Gasteiger partial charge in [-0.15, -0.1) is 0 Å². The summed E-state index contributed by atoms with van der Waals surface area (Å²) in [5.74, 6) is -3.19. The van der Waals surface area contributed by atoms with Crippen LogP contribution in [0, 0.1) is 17.8 Å². The topological polar surface area (TPSA) is 184 Å². The fraction of sp³-hybridized carbons (Fsp3) is 0.897. The Labute approximate surface area is 238 Å². The number of nitrogens with two attached hydrogens (primary N) is 1. The third-order valence-corrected chi connectivity index (χ3v) is 8.40. The minimum atomic E-state index is -1.86. The van der Waals surface area contributed by atoms with E-state index in [-0.39, 0.29) is 43.0 Å². The summed E-state index contributed by atoms with van der Waals surface area (Å²) >= 11 is 0. The highest BCUT2D eigenvalue weighted by molar-refractivity contribution is 5.80. The average molecular weight is 573 g/mol. The molecule has 2 heterocycles. The van der Waals surface area contributed by atoms with Crippen LogP contribution in [-0.4, -0.2) is 98.3 Å². The zero-order valence-corrected chi connectivity index (χ0v) is 24.6. The van der Waals surface area contributed by atoms with Gasteiger partial charge in [-0.2, -0.15) is 0 Å². The van der Waals surface area contributed by atoms with E-state index in [1.54, 1.807) is 13.0 Å². The Morgan fingerprint density at radius 3 is 2.38 bits per heavy atom. The molecule has 3 aliphatic rings. The number of amides is 1. The van der Waals surface area contributed by atoms with Gasteiger partial charge in [0.2, 0.25) is 5.91 Å². The molecule has 3 rings (SSSR count). The first-order valence-electron chi connectivity index (χ1n) is 14.9. The molecule has 2 aliphatic heterocycles. The molecule has 1 amide bonds. The maximum Gasteiger partial charge on any atom is 0.228 e. The van der Waals surface area contributed by atoms with Crippen LogP contribution in [0.25, 0.3) is 0 Å². The maximum absolute atomic E-state index is 13.5. The summed E-state index contributed by atoms with van der Waals surface area (Å²) in [6.45, 7) is 9.25. The Morgan fingerprint density at radius 1 is 1.12 bits per heavy atom. The number of hydrogen-bond donors (Lipinski definition) is 7. The molecule has 11 heteroatoms. The Bertz CT molecular complexity index is 836. The number of hydrogen-bond acceptors (Lipinski definition) is 10. The number of carbonyl (C=O) groups excluding carboxylic acids is 1. The third kappa shape index (κ3) is 8.68. The maximum atomic E-state index is 13.5.